The third kappa shape index (κ3) is 4.88. The number of esters is 1. The highest BCUT2D eigenvalue weighted by atomic mass is 32.2. The van der Waals surface area contributed by atoms with Gasteiger partial charge in [-0.1, -0.05) is 20.8 Å². The Morgan fingerprint density at radius 2 is 1.88 bits per heavy atom. The summed E-state index contributed by atoms with van der Waals surface area (Å²) in [4.78, 5) is 27.8. The largest absolute Gasteiger partial charge is 0.493 e. The lowest BCUT2D eigenvalue weighted by atomic mass is 9.82. The van der Waals surface area contributed by atoms with Crippen molar-refractivity contribution in [3.05, 3.63) is 28.7 Å². The second kappa shape index (κ2) is 10.1. The molecule has 3 aliphatic heterocycles. The van der Waals surface area contributed by atoms with Crippen molar-refractivity contribution in [2.24, 2.45) is 27.1 Å². The first kappa shape index (κ1) is 28.5. The van der Waals surface area contributed by atoms with Crippen molar-refractivity contribution >= 4 is 55.4 Å². The Hall–Kier alpha value is -3.03. The Morgan fingerprint density at radius 3 is 2.52 bits per heavy atom. The molecule has 0 radical (unpaired) electrons. The van der Waals surface area contributed by atoms with Gasteiger partial charge in [0.15, 0.2) is 5.69 Å². The minimum absolute atomic E-state index is 0.0109. The lowest BCUT2D eigenvalue weighted by Gasteiger charge is -2.37. The van der Waals surface area contributed by atoms with E-state index in [0.29, 0.717) is 30.4 Å². The van der Waals surface area contributed by atoms with Crippen LogP contribution in [0.4, 0.5) is 5.69 Å². The Morgan fingerprint density at radius 1 is 1.20 bits per heavy atom. The van der Waals surface area contributed by atoms with Crippen LogP contribution in [0.3, 0.4) is 0 Å². The summed E-state index contributed by atoms with van der Waals surface area (Å²) in [6.07, 6.45) is 2.68. The minimum atomic E-state index is -3.81. The van der Waals surface area contributed by atoms with E-state index in [0.717, 1.165) is 29.8 Å². The monoisotopic (exact) mass is 587 g/mol. The molecule has 3 unspecified atom stereocenters. The number of ether oxygens (including phenoxy) is 1. The highest BCUT2D eigenvalue weighted by Crippen LogP contribution is 2.51. The Bertz CT molecular complexity index is 1610. The zero-order valence-corrected chi connectivity index (χ0v) is 25.0. The molecular weight excluding hydrogens is 554 g/mol. The van der Waals surface area contributed by atoms with Crippen molar-refractivity contribution in [1.29, 1.82) is 0 Å². The van der Waals surface area contributed by atoms with Crippen LogP contribution in [0.5, 0.6) is 5.88 Å². The number of nitrogens with zero attached hydrogens (tertiary/aromatic N) is 5. The second-order valence-electron chi connectivity index (χ2n) is 11.6. The van der Waals surface area contributed by atoms with Crippen LogP contribution in [0.25, 0.3) is 10.9 Å². The minimum Gasteiger partial charge on any atom is -0.493 e. The summed E-state index contributed by atoms with van der Waals surface area (Å²) in [6.45, 7) is 11.1. The van der Waals surface area contributed by atoms with E-state index >= 15 is 0 Å². The van der Waals surface area contributed by atoms with Gasteiger partial charge in [-0.15, -0.1) is 10.2 Å². The Balaban J connectivity index is 1.63. The molecule has 2 aromatic rings. The van der Waals surface area contributed by atoms with Crippen LogP contribution >= 0.6 is 11.8 Å². The van der Waals surface area contributed by atoms with Gasteiger partial charge in [-0.2, -0.15) is 9.30 Å². The number of azo groups is 1. The van der Waals surface area contributed by atoms with E-state index in [9.17, 15) is 23.1 Å². The fraction of sp³-hybridized carbons (Fsp3) is 0.519. The van der Waals surface area contributed by atoms with Crippen LogP contribution < -0.4 is 0 Å². The number of aromatic nitrogens is 1. The number of hydrogen-bond donors (Lipinski definition) is 1. The third-order valence-electron chi connectivity index (χ3n) is 7.73. The molecule has 11 nitrogen and oxygen atoms in total. The number of methoxy groups -OCH3 is 1. The predicted octanol–water partition coefficient (Wildman–Crippen LogP) is 5.03. The summed E-state index contributed by atoms with van der Waals surface area (Å²) in [5.41, 5.74) is 1.14. The average molecular weight is 588 g/mol. The van der Waals surface area contributed by atoms with Crippen molar-refractivity contribution < 1.29 is 27.9 Å². The summed E-state index contributed by atoms with van der Waals surface area (Å²) in [5.74, 6) is -0.965. The average Bonchev–Trinajstić information content (AvgIpc) is 3.36. The van der Waals surface area contributed by atoms with Crippen molar-refractivity contribution in [3.63, 3.8) is 0 Å². The fourth-order valence-corrected chi connectivity index (χ4v) is 8.64. The molecule has 1 fully saturated rings. The number of amides is 1. The number of carbonyl (C=O) groups is 2. The van der Waals surface area contributed by atoms with Crippen LogP contribution in [-0.2, 0) is 29.9 Å². The summed E-state index contributed by atoms with van der Waals surface area (Å²) in [6, 6.07) is 3.30. The molecule has 5 rings (SSSR count). The molecule has 4 heterocycles. The van der Waals surface area contributed by atoms with Gasteiger partial charge in [0.2, 0.25) is 21.1 Å². The van der Waals surface area contributed by atoms with E-state index in [4.69, 9.17) is 0 Å². The number of hydrogen-bond acceptors (Lipinski definition) is 9. The van der Waals surface area contributed by atoms with Crippen molar-refractivity contribution in [2.75, 3.05) is 20.2 Å². The molecule has 1 aromatic heterocycles. The SMILES string of the molecule is COC(=O)/C=C1\SC(N=Nc2c(O)n3c4c(cc(S(=O)(=O)N5CC(C)CC(C)C5)cc24)C(C)CC3(C)C)=NC1=O. The first-order chi connectivity index (χ1) is 18.7. The standard InChI is InChI=1S/C27H33N5O6S2/c1-14-7-15(2)13-31(12-14)40(36,37)17-8-18-16(3)11-27(4,5)32-23(18)19(9-17)22(25(32)35)29-30-26-28-24(34)20(39-26)10-21(33)38-6/h8-10,14-16,35H,7,11-13H2,1-6H3/b20-10-,30-29?. The number of aromatic hydroxyl groups is 1. The van der Waals surface area contributed by atoms with E-state index in [1.165, 1.54) is 7.11 Å². The maximum absolute atomic E-state index is 13.9. The zero-order valence-electron chi connectivity index (χ0n) is 23.3. The van der Waals surface area contributed by atoms with E-state index in [-0.39, 0.29) is 44.3 Å². The highest BCUT2D eigenvalue weighted by molar-refractivity contribution is 8.18. The van der Waals surface area contributed by atoms with Gasteiger partial charge >= 0.3 is 5.97 Å². The summed E-state index contributed by atoms with van der Waals surface area (Å²) in [5, 5.41) is 20.2. The highest BCUT2D eigenvalue weighted by Gasteiger charge is 2.39. The van der Waals surface area contributed by atoms with Crippen LogP contribution in [-0.4, -0.2) is 59.6 Å². The van der Waals surface area contributed by atoms with E-state index < -0.39 is 27.4 Å². The van der Waals surface area contributed by atoms with E-state index in [1.807, 2.05) is 13.8 Å². The van der Waals surface area contributed by atoms with Crippen molar-refractivity contribution in [1.82, 2.24) is 8.87 Å². The summed E-state index contributed by atoms with van der Waals surface area (Å²) >= 11 is 0.857. The number of carbonyl (C=O) groups excluding carboxylic acids is 2. The van der Waals surface area contributed by atoms with Gasteiger partial charge in [0.25, 0.3) is 5.91 Å². The van der Waals surface area contributed by atoms with E-state index in [1.54, 1.807) is 21.0 Å². The lowest BCUT2D eigenvalue weighted by Crippen LogP contribution is -2.42. The topological polar surface area (TPSA) is 143 Å². The van der Waals surface area contributed by atoms with Crippen molar-refractivity contribution in [2.45, 2.75) is 63.8 Å². The molecule has 1 saturated heterocycles. The molecule has 13 heteroatoms. The summed E-state index contributed by atoms with van der Waals surface area (Å²) < 4.78 is 35.7. The normalized spacial score (nSPS) is 26.1. The smallest absolute Gasteiger partial charge is 0.331 e. The molecule has 1 aromatic carbocycles. The molecule has 0 bridgehead atoms. The third-order valence-corrected chi connectivity index (χ3v) is 10.4. The number of amidine groups is 1. The van der Waals surface area contributed by atoms with Crippen molar-refractivity contribution in [3.8, 4) is 5.88 Å². The quantitative estimate of drug-likeness (QED) is 0.300. The molecular formula is C27H33N5O6S2. The summed E-state index contributed by atoms with van der Waals surface area (Å²) in [7, 11) is -2.61. The van der Waals surface area contributed by atoms with Gasteiger partial charge in [-0.05, 0) is 73.9 Å². The van der Waals surface area contributed by atoms with Gasteiger partial charge < -0.3 is 14.4 Å². The molecule has 40 heavy (non-hydrogen) atoms. The molecule has 1 amide bonds. The Kier molecular flexibility index (Phi) is 7.20. The maximum atomic E-state index is 13.9. The molecule has 0 spiro atoms. The predicted molar refractivity (Wildman–Crippen MR) is 152 cm³/mol. The fourth-order valence-electron chi connectivity index (χ4n) is 6.21. The van der Waals surface area contributed by atoms with Gasteiger partial charge in [0, 0.05) is 30.1 Å². The van der Waals surface area contributed by atoms with Crippen LogP contribution in [0.1, 0.15) is 58.9 Å². The first-order valence-electron chi connectivity index (χ1n) is 13.2. The molecule has 1 N–H and O–H groups in total. The lowest BCUT2D eigenvalue weighted by molar-refractivity contribution is -0.135. The van der Waals surface area contributed by atoms with Gasteiger partial charge in [0.1, 0.15) is 0 Å². The van der Waals surface area contributed by atoms with Crippen LogP contribution in [0.2, 0.25) is 0 Å². The molecule has 3 atom stereocenters. The second-order valence-corrected chi connectivity index (χ2v) is 14.6. The molecule has 214 valence electrons. The molecule has 0 aliphatic carbocycles. The molecule has 3 aliphatic rings. The number of rotatable bonds is 4. The van der Waals surface area contributed by atoms with E-state index in [2.05, 4.69) is 40.7 Å². The maximum Gasteiger partial charge on any atom is 0.331 e. The number of thioether (sulfide) groups is 1. The number of benzene rings is 1. The first-order valence-corrected chi connectivity index (χ1v) is 15.4. The molecule has 0 saturated carbocycles. The van der Waals surface area contributed by atoms with Gasteiger partial charge in [-0.3, -0.25) is 4.79 Å². The number of piperidine rings is 1. The number of aliphatic imine (C=N–C) groups is 1. The van der Waals surface area contributed by atoms with Gasteiger partial charge in [-0.25, -0.2) is 13.2 Å². The van der Waals surface area contributed by atoms with Crippen LogP contribution in [0.15, 0.2) is 43.2 Å². The number of sulfonamides is 1. The Labute approximate surface area is 237 Å². The zero-order chi connectivity index (χ0) is 29.1. The van der Waals surface area contributed by atoms with Crippen LogP contribution in [0, 0.1) is 11.8 Å². The van der Waals surface area contributed by atoms with Gasteiger partial charge in [0.05, 0.1) is 22.4 Å².